The molecule has 2 aromatic carbocycles. The molecule has 0 atom stereocenters. The van der Waals surface area contributed by atoms with E-state index in [4.69, 9.17) is 4.74 Å². The standard InChI is InChI=1S/C21H29NO2S/c1-3-5-12-22(13-6-4-2)19-14-17(16-23)15-20(25)21(19)24-18-10-8-7-9-11-18/h7-11,14-15,23,25H,3-6,12-13,16H2,1-2H3. The Kier molecular flexibility index (Phi) is 8.16. The average molecular weight is 360 g/mol. The van der Waals surface area contributed by atoms with Gasteiger partial charge in [-0.25, -0.2) is 0 Å². The molecule has 2 aromatic rings. The molecule has 3 nitrogen and oxygen atoms in total. The fraction of sp³-hybridized carbons (Fsp3) is 0.429. The molecule has 0 heterocycles. The molecule has 0 radical (unpaired) electrons. The maximum absolute atomic E-state index is 9.61. The van der Waals surface area contributed by atoms with Crippen LogP contribution in [-0.2, 0) is 6.61 Å². The summed E-state index contributed by atoms with van der Waals surface area (Å²) in [5, 5.41) is 9.61. The van der Waals surface area contributed by atoms with Crippen LogP contribution < -0.4 is 9.64 Å². The molecule has 0 aliphatic heterocycles. The Bertz CT molecular complexity index is 638. The number of hydrogen-bond donors (Lipinski definition) is 2. The molecule has 1 N–H and O–H groups in total. The first-order valence-electron chi connectivity index (χ1n) is 9.14. The van der Waals surface area contributed by atoms with E-state index < -0.39 is 0 Å². The minimum atomic E-state index is 0.00156. The number of benzene rings is 2. The third kappa shape index (κ3) is 5.68. The number of rotatable bonds is 10. The predicted octanol–water partition coefficient (Wildman–Crippen LogP) is 5.67. The topological polar surface area (TPSA) is 32.7 Å². The molecular weight excluding hydrogens is 330 g/mol. The van der Waals surface area contributed by atoms with Crippen LogP contribution in [-0.4, -0.2) is 18.2 Å². The number of unbranched alkanes of at least 4 members (excludes halogenated alkanes) is 2. The van der Waals surface area contributed by atoms with Gasteiger partial charge in [-0.05, 0) is 42.7 Å². The van der Waals surface area contributed by atoms with Crippen LogP contribution in [0.1, 0.15) is 45.1 Å². The van der Waals surface area contributed by atoms with Gasteiger partial charge in [0.05, 0.1) is 12.3 Å². The van der Waals surface area contributed by atoms with E-state index in [1.165, 1.54) is 0 Å². The number of anilines is 1. The van der Waals surface area contributed by atoms with Gasteiger partial charge in [-0.2, -0.15) is 0 Å². The molecule has 0 aliphatic carbocycles. The predicted molar refractivity (Wildman–Crippen MR) is 108 cm³/mol. The molecule has 0 aromatic heterocycles. The van der Waals surface area contributed by atoms with E-state index in [-0.39, 0.29) is 6.61 Å². The highest BCUT2D eigenvalue weighted by molar-refractivity contribution is 7.80. The number of ether oxygens (including phenoxy) is 1. The van der Waals surface area contributed by atoms with Gasteiger partial charge in [-0.15, -0.1) is 12.6 Å². The highest BCUT2D eigenvalue weighted by atomic mass is 32.1. The van der Waals surface area contributed by atoms with Crippen molar-refractivity contribution in [3.05, 3.63) is 48.0 Å². The largest absolute Gasteiger partial charge is 0.454 e. The molecule has 0 saturated heterocycles. The summed E-state index contributed by atoms with van der Waals surface area (Å²) in [7, 11) is 0. The Morgan fingerprint density at radius 3 is 2.20 bits per heavy atom. The fourth-order valence-electron chi connectivity index (χ4n) is 2.74. The minimum absolute atomic E-state index is 0.00156. The minimum Gasteiger partial charge on any atom is -0.454 e. The van der Waals surface area contributed by atoms with Crippen molar-refractivity contribution < 1.29 is 9.84 Å². The number of nitrogens with zero attached hydrogens (tertiary/aromatic N) is 1. The van der Waals surface area contributed by atoms with Crippen LogP contribution >= 0.6 is 12.6 Å². The Balaban J connectivity index is 2.41. The highest BCUT2D eigenvalue weighted by Gasteiger charge is 2.17. The summed E-state index contributed by atoms with van der Waals surface area (Å²) in [5.74, 6) is 1.56. The summed E-state index contributed by atoms with van der Waals surface area (Å²) in [5.41, 5.74) is 1.88. The molecule has 25 heavy (non-hydrogen) atoms. The summed E-state index contributed by atoms with van der Waals surface area (Å²) in [6.45, 7) is 6.36. The lowest BCUT2D eigenvalue weighted by Crippen LogP contribution is -2.26. The monoisotopic (exact) mass is 359 g/mol. The van der Waals surface area contributed by atoms with E-state index in [1.807, 2.05) is 42.5 Å². The lowest BCUT2D eigenvalue weighted by Gasteiger charge is -2.28. The van der Waals surface area contributed by atoms with Crippen molar-refractivity contribution in [3.63, 3.8) is 0 Å². The van der Waals surface area contributed by atoms with Gasteiger partial charge in [0.2, 0.25) is 0 Å². The smallest absolute Gasteiger partial charge is 0.164 e. The van der Waals surface area contributed by atoms with E-state index >= 15 is 0 Å². The quantitative estimate of drug-likeness (QED) is 0.536. The van der Waals surface area contributed by atoms with E-state index in [2.05, 4.69) is 31.4 Å². The van der Waals surface area contributed by atoms with Crippen molar-refractivity contribution in [2.24, 2.45) is 0 Å². The van der Waals surface area contributed by atoms with Crippen molar-refractivity contribution in [3.8, 4) is 11.5 Å². The summed E-state index contributed by atoms with van der Waals surface area (Å²) in [6.07, 6.45) is 4.54. The van der Waals surface area contributed by atoms with Crippen molar-refractivity contribution >= 4 is 18.3 Å². The first kappa shape index (κ1) is 19.7. The zero-order chi connectivity index (χ0) is 18.1. The van der Waals surface area contributed by atoms with Crippen molar-refractivity contribution in [1.29, 1.82) is 0 Å². The van der Waals surface area contributed by atoms with E-state index in [0.29, 0.717) is 0 Å². The lowest BCUT2D eigenvalue weighted by atomic mass is 10.1. The number of hydrogen-bond acceptors (Lipinski definition) is 4. The van der Waals surface area contributed by atoms with Gasteiger partial charge in [0.15, 0.2) is 5.75 Å². The first-order valence-corrected chi connectivity index (χ1v) is 9.58. The molecule has 0 aliphatic rings. The summed E-state index contributed by atoms with van der Waals surface area (Å²) in [4.78, 5) is 3.12. The summed E-state index contributed by atoms with van der Waals surface area (Å²) < 4.78 is 6.18. The van der Waals surface area contributed by atoms with Crippen LogP contribution in [0.4, 0.5) is 5.69 Å². The molecule has 2 rings (SSSR count). The zero-order valence-electron chi connectivity index (χ0n) is 15.2. The second-order valence-electron chi connectivity index (χ2n) is 6.23. The second kappa shape index (κ2) is 10.4. The van der Waals surface area contributed by atoms with Crippen LogP contribution in [0.2, 0.25) is 0 Å². The Morgan fingerprint density at radius 2 is 1.64 bits per heavy atom. The van der Waals surface area contributed by atoms with Crippen molar-refractivity contribution in [2.75, 3.05) is 18.0 Å². The molecule has 0 amide bonds. The van der Waals surface area contributed by atoms with Crippen LogP contribution in [0.3, 0.4) is 0 Å². The SMILES string of the molecule is CCCCN(CCCC)c1cc(CO)cc(S)c1Oc1ccccc1. The maximum Gasteiger partial charge on any atom is 0.164 e. The van der Waals surface area contributed by atoms with Crippen molar-refractivity contribution in [1.82, 2.24) is 0 Å². The number of aliphatic hydroxyl groups excluding tert-OH is 1. The number of aliphatic hydroxyl groups is 1. The molecule has 0 saturated carbocycles. The Morgan fingerprint density at radius 1 is 1.00 bits per heavy atom. The molecule has 136 valence electrons. The normalized spacial score (nSPS) is 10.7. The molecule has 0 unspecified atom stereocenters. The van der Waals surface area contributed by atoms with Gasteiger partial charge < -0.3 is 14.7 Å². The molecule has 0 fully saturated rings. The van der Waals surface area contributed by atoms with Gasteiger partial charge in [-0.3, -0.25) is 0 Å². The summed E-state index contributed by atoms with van der Waals surface area (Å²) in [6, 6.07) is 13.7. The summed E-state index contributed by atoms with van der Waals surface area (Å²) >= 11 is 4.64. The average Bonchev–Trinajstić information content (AvgIpc) is 2.64. The molecule has 4 heteroatoms. The molecule has 0 bridgehead atoms. The van der Waals surface area contributed by atoms with Gasteiger partial charge in [0.25, 0.3) is 0 Å². The third-order valence-electron chi connectivity index (χ3n) is 4.16. The van der Waals surface area contributed by atoms with Gasteiger partial charge in [0, 0.05) is 18.0 Å². The molecule has 0 spiro atoms. The van der Waals surface area contributed by atoms with E-state index in [1.54, 1.807) is 0 Å². The van der Waals surface area contributed by atoms with E-state index in [9.17, 15) is 5.11 Å². The van der Waals surface area contributed by atoms with E-state index in [0.717, 1.165) is 66.4 Å². The second-order valence-corrected chi connectivity index (χ2v) is 6.71. The van der Waals surface area contributed by atoms with Crippen LogP contribution in [0.15, 0.2) is 47.4 Å². The van der Waals surface area contributed by atoms with Crippen LogP contribution in [0.5, 0.6) is 11.5 Å². The Labute approximate surface area is 157 Å². The lowest BCUT2D eigenvalue weighted by molar-refractivity contribution is 0.281. The van der Waals surface area contributed by atoms with Crippen LogP contribution in [0, 0.1) is 0 Å². The maximum atomic E-state index is 9.61. The Hall–Kier alpha value is -1.65. The van der Waals surface area contributed by atoms with Crippen molar-refractivity contribution in [2.45, 2.75) is 51.0 Å². The third-order valence-corrected chi connectivity index (χ3v) is 4.49. The first-order chi connectivity index (χ1) is 12.2. The number of para-hydroxylation sites is 1. The highest BCUT2D eigenvalue weighted by Crippen LogP contribution is 2.39. The van der Waals surface area contributed by atoms with Gasteiger partial charge in [0.1, 0.15) is 5.75 Å². The van der Waals surface area contributed by atoms with Crippen LogP contribution in [0.25, 0.3) is 0 Å². The zero-order valence-corrected chi connectivity index (χ0v) is 16.1. The van der Waals surface area contributed by atoms with Gasteiger partial charge in [-0.1, -0.05) is 44.9 Å². The number of thiol groups is 1. The van der Waals surface area contributed by atoms with Gasteiger partial charge >= 0.3 is 0 Å². The fourth-order valence-corrected chi connectivity index (χ4v) is 3.07. The molecular formula is C21H29NO2S.